The fourth-order valence-electron chi connectivity index (χ4n) is 4.12. The summed E-state index contributed by atoms with van der Waals surface area (Å²) in [5.41, 5.74) is 0.883. The highest BCUT2D eigenvalue weighted by molar-refractivity contribution is 6.01. The van der Waals surface area contributed by atoms with Crippen molar-refractivity contribution in [3.05, 3.63) is 59.7 Å². The average molecular weight is 463 g/mol. The van der Waals surface area contributed by atoms with Gasteiger partial charge in [0, 0.05) is 31.1 Å². The first-order valence-corrected chi connectivity index (χ1v) is 11.3. The van der Waals surface area contributed by atoms with E-state index in [0.29, 0.717) is 23.1 Å². The average Bonchev–Trinajstić information content (AvgIpc) is 2.79. The number of benzene rings is 2. The van der Waals surface area contributed by atoms with Gasteiger partial charge in [-0.25, -0.2) is 0 Å². The molecule has 178 valence electrons. The highest BCUT2D eigenvalue weighted by Crippen LogP contribution is 2.32. The van der Waals surface area contributed by atoms with E-state index in [2.05, 4.69) is 10.2 Å². The first-order chi connectivity index (χ1) is 15.7. The maximum atomic E-state index is 13.0. The minimum atomic E-state index is -4.40. The standard InChI is InChI=1S/C25H29F3N2O3/c26-25(27,28)19-11-9-18(10-12-19)21-6-3-4-7-22(21)24(33)29-20-13-16-30(17-14-20)15-5-1-2-8-23(31)32/h3-4,6-7,9-12,20H,1-2,5,8,13-17H2,(H,29,33)(H,31,32). The van der Waals surface area contributed by atoms with Gasteiger partial charge in [-0.15, -0.1) is 0 Å². The number of carboxylic acids is 1. The minimum absolute atomic E-state index is 0.0430. The molecular formula is C25H29F3N2O3. The Bertz CT molecular complexity index is 937. The molecule has 0 bridgehead atoms. The molecule has 1 fully saturated rings. The summed E-state index contributed by atoms with van der Waals surface area (Å²) in [5, 5.41) is 11.8. The largest absolute Gasteiger partial charge is 0.481 e. The second kappa shape index (κ2) is 11.3. The molecule has 3 rings (SSSR count). The number of halogens is 3. The minimum Gasteiger partial charge on any atom is -0.481 e. The van der Waals surface area contributed by atoms with Gasteiger partial charge in [0.1, 0.15) is 0 Å². The van der Waals surface area contributed by atoms with Crippen molar-refractivity contribution in [3.63, 3.8) is 0 Å². The molecule has 1 amide bonds. The van der Waals surface area contributed by atoms with Crippen LogP contribution >= 0.6 is 0 Å². The summed E-state index contributed by atoms with van der Waals surface area (Å²) in [7, 11) is 0. The third-order valence-corrected chi connectivity index (χ3v) is 5.98. The molecule has 0 spiro atoms. The van der Waals surface area contributed by atoms with Gasteiger partial charge in [-0.2, -0.15) is 13.2 Å². The lowest BCUT2D eigenvalue weighted by molar-refractivity contribution is -0.138. The van der Waals surface area contributed by atoms with Gasteiger partial charge in [0.05, 0.1) is 5.56 Å². The topological polar surface area (TPSA) is 69.6 Å². The van der Waals surface area contributed by atoms with Gasteiger partial charge >= 0.3 is 12.1 Å². The van der Waals surface area contributed by atoms with Crippen molar-refractivity contribution >= 4 is 11.9 Å². The number of carbonyl (C=O) groups is 2. The summed E-state index contributed by atoms with van der Waals surface area (Å²) in [6.07, 6.45) is 0.00609. The fraction of sp³-hybridized carbons (Fsp3) is 0.440. The molecule has 1 aliphatic rings. The second-order valence-corrected chi connectivity index (χ2v) is 8.41. The number of rotatable bonds is 9. The van der Waals surface area contributed by atoms with Gasteiger partial charge < -0.3 is 15.3 Å². The molecule has 0 aromatic heterocycles. The van der Waals surface area contributed by atoms with E-state index >= 15 is 0 Å². The molecule has 1 saturated heterocycles. The predicted octanol–water partition coefficient (Wildman–Crippen LogP) is 5.21. The van der Waals surface area contributed by atoms with E-state index in [1.54, 1.807) is 24.3 Å². The van der Waals surface area contributed by atoms with Crippen LogP contribution in [0.5, 0.6) is 0 Å². The number of likely N-dealkylation sites (tertiary alicyclic amines) is 1. The molecule has 2 aromatic carbocycles. The summed E-state index contributed by atoms with van der Waals surface area (Å²) >= 11 is 0. The number of carbonyl (C=O) groups excluding carboxylic acids is 1. The maximum Gasteiger partial charge on any atom is 0.416 e. The Morgan fingerprint density at radius 2 is 1.64 bits per heavy atom. The molecule has 5 nitrogen and oxygen atoms in total. The van der Waals surface area contributed by atoms with Gasteiger partial charge in [-0.3, -0.25) is 9.59 Å². The van der Waals surface area contributed by atoms with Gasteiger partial charge in [0.25, 0.3) is 5.91 Å². The molecular weight excluding hydrogens is 433 g/mol. The van der Waals surface area contributed by atoms with Gasteiger partial charge in [-0.05, 0) is 61.6 Å². The Hall–Kier alpha value is -2.87. The molecule has 2 N–H and O–H groups in total. The van der Waals surface area contributed by atoms with Crippen molar-refractivity contribution in [3.8, 4) is 11.1 Å². The van der Waals surface area contributed by atoms with Crippen molar-refractivity contribution in [1.29, 1.82) is 0 Å². The van der Waals surface area contributed by atoms with Crippen LogP contribution in [0.2, 0.25) is 0 Å². The van der Waals surface area contributed by atoms with E-state index in [-0.39, 0.29) is 18.4 Å². The smallest absolute Gasteiger partial charge is 0.416 e. The number of carboxylic acid groups (broad SMARTS) is 1. The van der Waals surface area contributed by atoms with Gasteiger partial charge in [0.15, 0.2) is 0 Å². The van der Waals surface area contributed by atoms with Crippen LogP contribution in [0.15, 0.2) is 48.5 Å². The first-order valence-electron chi connectivity index (χ1n) is 11.3. The highest BCUT2D eigenvalue weighted by atomic mass is 19.4. The molecule has 0 radical (unpaired) electrons. The van der Waals surface area contributed by atoms with E-state index in [1.807, 2.05) is 0 Å². The number of hydrogen-bond acceptors (Lipinski definition) is 3. The number of unbranched alkanes of at least 4 members (excludes halogenated alkanes) is 2. The van der Waals surface area contributed by atoms with Crippen molar-refractivity contribution in [1.82, 2.24) is 10.2 Å². The number of amides is 1. The number of aliphatic carboxylic acids is 1. The number of alkyl halides is 3. The van der Waals surface area contributed by atoms with E-state index in [1.165, 1.54) is 12.1 Å². The molecule has 0 saturated carbocycles. The van der Waals surface area contributed by atoms with Crippen LogP contribution in [-0.4, -0.2) is 47.6 Å². The van der Waals surface area contributed by atoms with E-state index in [4.69, 9.17) is 5.11 Å². The van der Waals surface area contributed by atoms with Crippen molar-refractivity contribution in [2.24, 2.45) is 0 Å². The Morgan fingerprint density at radius 3 is 2.27 bits per heavy atom. The Morgan fingerprint density at radius 1 is 0.970 bits per heavy atom. The van der Waals surface area contributed by atoms with Crippen molar-refractivity contribution < 1.29 is 27.9 Å². The third kappa shape index (κ3) is 7.32. The summed E-state index contributed by atoms with van der Waals surface area (Å²) in [6, 6.07) is 11.8. The Kier molecular flexibility index (Phi) is 8.49. The zero-order chi connectivity index (χ0) is 23.8. The van der Waals surface area contributed by atoms with E-state index in [9.17, 15) is 22.8 Å². The van der Waals surface area contributed by atoms with E-state index in [0.717, 1.165) is 57.5 Å². The molecule has 0 unspecified atom stereocenters. The molecule has 1 aliphatic heterocycles. The first kappa shape index (κ1) is 24.8. The SMILES string of the molecule is O=C(O)CCCCCN1CCC(NC(=O)c2ccccc2-c2ccc(C(F)(F)F)cc2)CC1. The number of nitrogens with one attached hydrogen (secondary N) is 1. The van der Waals surface area contributed by atoms with Crippen LogP contribution in [0.3, 0.4) is 0 Å². The normalized spacial score (nSPS) is 15.4. The third-order valence-electron chi connectivity index (χ3n) is 5.98. The molecule has 0 aliphatic carbocycles. The summed E-state index contributed by atoms with van der Waals surface area (Å²) in [5.74, 6) is -0.982. The number of hydrogen-bond donors (Lipinski definition) is 2. The molecule has 2 aromatic rings. The van der Waals surface area contributed by atoms with Crippen molar-refractivity contribution in [2.75, 3.05) is 19.6 Å². The summed E-state index contributed by atoms with van der Waals surface area (Å²) in [4.78, 5) is 25.9. The van der Waals surface area contributed by atoms with Crippen LogP contribution in [-0.2, 0) is 11.0 Å². The number of nitrogens with zero attached hydrogens (tertiary/aromatic N) is 1. The quantitative estimate of drug-likeness (QED) is 0.502. The lowest BCUT2D eigenvalue weighted by Crippen LogP contribution is -2.44. The molecule has 1 heterocycles. The van der Waals surface area contributed by atoms with Crippen LogP contribution in [0.1, 0.15) is 54.4 Å². The van der Waals surface area contributed by atoms with Gasteiger partial charge in [0.2, 0.25) is 0 Å². The van der Waals surface area contributed by atoms with Crippen molar-refractivity contribution in [2.45, 2.75) is 50.7 Å². The van der Waals surface area contributed by atoms with Crippen LogP contribution in [0.4, 0.5) is 13.2 Å². The van der Waals surface area contributed by atoms with Crippen LogP contribution in [0.25, 0.3) is 11.1 Å². The number of piperidine rings is 1. The van der Waals surface area contributed by atoms with Gasteiger partial charge in [-0.1, -0.05) is 36.8 Å². The summed E-state index contributed by atoms with van der Waals surface area (Å²) < 4.78 is 38.6. The molecule has 8 heteroatoms. The van der Waals surface area contributed by atoms with E-state index < -0.39 is 17.7 Å². The molecule has 0 atom stereocenters. The lowest BCUT2D eigenvalue weighted by Gasteiger charge is -2.32. The Balaban J connectivity index is 1.53. The lowest BCUT2D eigenvalue weighted by atomic mass is 9.97. The zero-order valence-electron chi connectivity index (χ0n) is 18.4. The fourth-order valence-corrected chi connectivity index (χ4v) is 4.12. The zero-order valence-corrected chi connectivity index (χ0v) is 18.4. The van der Waals surface area contributed by atoms with Crippen LogP contribution in [0, 0.1) is 0 Å². The van der Waals surface area contributed by atoms with Crippen LogP contribution < -0.4 is 5.32 Å². The summed E-state index contributed by atoms with van der Waals surface area (Å²) in [6.45, 7) is 2.66. The maximum absolute atomic E-state index is 13.0. The highest BCUT2D eigenvalue weighted by Gasteiger charge is 2.30. The monoisotopic (exact) mass is 462 g/mol. The Labute approximate surface area is 191 Å². The predicted molar refractivity (Wildman–Crippen MR) is 120 cm³/mol. The molecule has 33 heavy (non-hydrogen) atoms. The second-order valence-electron chi connectivity index (χ2n) is 8.41.